The number of rotatable bonds is 2. The first kappa shape index (κ1) is 11.9. The summed E-state index contributed by atoms with van der Waals surface area (Å²) in [5.41, 5.74) is -0.679. The number of ether oxygens (including phenoxy) is 1. The minimum absolute atomic E-state index is 0.104. The van der Waals surface area contributed by atoms with E-state index in [0.717, 1.165) is 18.8 Å². The van der Waals surface area contributed by atoms with E-state index < -0.39 is 5.60 Å². The predicted octanol–water partition coefficient (Wildman–Crippen LogP) is 1.38. The van der Waals surface area contributed by atoms with Gasteiger partial charge in [-0.1, -0.05) is 6.92 Å². The van der Waals surface area contributed by atoms with Crippen LogP contribution in [0.2, 0.25) is 0 Å². The van der Waals surface area contributed by atoms with Gasteiger partial charge < -0.3 is 9.64 Å². The van der Waals surface area contributed by atoms with Gasteiger partial charge in [0.05, 0.1) is 0 Å². The summed E-state index contributed by atoms with van der Waals surface area (Å²) in [6.45, 7) is 7.49. The summed E-state index contributed by atoms with van der Waals surface area (Å²) in [5.74, 6) is 1.14. The van der Waals surface area contributed by atoms with Crippen molar-refractivity contribution in [2.75, 3.05) is 26.0 Å². The van der Waals surface area contributed by atoms with Gasteiger partial charge >= 0.3 is 0 Å². The molecule has 1 rings (SSSR count). The number of thioether (sulfide) groups is 1. The summed E-state index contributed by atoms with van der Waals surface area (Å²) in [5, 5.41) is 0.542. The average molecular weight is 217 g/mol. The highest BCUT2D eigenvalue weighted by molar-refractivity contribution is 7.99. The van der Waals surface area contributed by atoms with E-state index in [2.05, 4.69) is 6.92 Å². The molecule has 1 heterocycles. The van der Waals surface area contributed by atoms with E-state index in [4.69, 9.17) is 4.74 Å². The van der Waals surface area contributed by atoms with Crippen LogP contribution in [0.1, 0.15) is 20.8 Å². The quantitative estimate of drug-likeness (QED) is 0.700. The van der Waals surface area contributed by atoms with Crippen molar-refractivity contribution in [2.24, 2.45) is 0 Å². The van der Waals surface area contributed by atoms with Crippen LogP contribution >= 0.6 is 11.8 Å². The Hall–Kier alpha value is -0.220. The molecule has 0 aliphatic carbocycles. The highest BCUT2D eigenvalue weighted by Gasteiger charge is 2.33. The van der Waals surface area contributed by atoms with Crippen LogP contribution in [0.3, 0.4) is 0 Å². The van der Waals surface area contributed by atoms with E-state index in [1.165, 1.54) is 0 Å². The number of hydrogen-bond acceptors (Lipinski definition) is 3. The molecule has 0 aromatic carbocycles. The Morgan fingerprint density at radius 2 is 2.21 bits per heavy atom. The second-order valence-electron chi connectivity index (χ2n) is 4.15. The monoisotopic (exact) mass is 217 g/mol. The molecule has 1 atom stereocenters. The molecule has 1 unspecified atom stereocenters. The van der Waals surface area contributed by atoms with Crippen LogP contribution in [0.5, 0.6) is 0 Å². The lowest BCUT2D eigenvalue weighted by Gasteiger charge is -2.35. The standard InChI is InChI=1S/C10H19NO2S/c1-8-7-11(5-6-14-8)9(12)10(2,3)13-4/h8H,5-7H2,1-4H3. The molecular formula is C10H19NO2S. The van der Waals surface area contributed by atoms with Crippen molar-refractivity contribution in [2.45, 2.75) is 31.6 Å². The SMILES string of the molecule is COC(C)(C)C(=O)N1CCSC(C)C1. The third-order valence-electron chi connectivity index (χ3n) is 2.55. The fraction of sp³-hybridized carbons (Fsp3) is 0.900. The van der Waals surface area contributed by atoms with Gasteiger partial charge in [0.15, 0.2) is 0 Å². The van der Waals surface area contributed by atoms with Gasteiger partial charge in [0.1, 0.15) is 5.60 Å². The maximum Gasteiger partial charge on any atom is 0.254 e. The topological polar surface area (TPSA) is 29.5 Å². The molecule has 1 aliphatic rings. The molecule has 1 aliphatic heterocycles. The Morgan fingerprint density at radius 3 is 2.71 bits per heavy atom. The number of amides is 1. The summed E-state index contributed by atoms with van der Waals surface area (Å²) in [7, 11) is 1.58. The highest BCUT2D eigenvalue weighted by atomic mass is 32.2. The number of nitrogens with zero attached hydrogens (tertiary/aromatic N) is 1. The molecule has 14 heavy (non-hydrogen) atoms. The Morgan fingerprint density at radius 1 is 1.57 bits per heavy atom. The molecule has 4 heteroatoms. The van der Waals surface area contributed by atoms with E-state index in [1.807, 2.05) is 30.5 Å². The lowest BCUT2D eigenvalue weighted by atomic mass is 10.1. The minimum atomic E-state index is -0.679. The summed E-state index contributed by atoms with van der Waals surface area (Å²) >= 11 is 1.92. The third kappa shape index (κ3) is 2.64. The molecule has 1 amide bonds. The van der Waals surface area contributed by atoms with Crippen molar-refractivity contribution in [3.05, 3.63) is 0 Å². The van der Waals surface area contributed by atoms with E-state index in [0.29, 0.717) is 5.25 Å². The Balaban J connectivity index is 2.60. The summed E-state index contributed by atoms with van der Waals surface area (Å²) in [6, 6.07) is 0. The fourth-order valence-corrected chi connectivity index (χ4v) is 2.48. The molecule has 0 N–H and O–H groups in total. The Labute approximate surface area is 90.2 Å². The largest absolute Gasteiger partial charge is 0.369 e. The molecule has 1 fully saturated rings. The molecule has 0 spiro atoms. The van der Waals surface area contributed by atoms with Crippen molar-refractivity contribution in [3.8, 4) is 0 Å². The number of carbonyl (C=O) groups is 1. The van der Waals surface area contributed by atoms with Crippen LogP contribution in [0.25, 0.3) is 0 Å². The fourth-order valence-electron chi connectivity index (χ4n) is 1.47. The van der Waals surface area contributed by atoms with Gasteiger partial charge in [-0.3, -0.25) is 4.79 Å². The number of carbonyl (C=O) groups excluding carboxylic acids is 1. The van der Waals surface area contributed by atoms with Crippen molar-refractivity contribution in [3.63, 3.8) is 0 Å². The van der Waals surface area contributed by atoms with Crippen LogP contribution in [-0.2, 0) is 9.53 Å². The second kappa shape index (κ2) is 4.53. The normalized spacial score (nSPS) is 23.7. The first-order valence-corrected chi connectivity index (χ1v) is 5.98. The van der Waals surface area contributed by atoms with E-state index in [9.17, 15) is 4.79 Å². The Kier molecular flexibility index (Phi) is 3.84. The molecule has 0 bridgehead atoms. The summed E-state index contributed by atoms with van der Waals surface area (Å²) in [6.07, 6.45) is 0. The summed E-state index contributed by atoms with van der Waals surface area (Å²) < 4.78 is 5.19. The van der Waals surface area contributed by atoms with Gasteiger partial charge in [-0.15, -0.1) is 0 Å². The third-order valence-corrected chi connectivity index (χ3v) is 3.69. The second-order valence-corrected chi connectivity index (χ2v) is 5.69. The molecule has 0 aromatic rings. The zero-order valence-corrected chi connectivity index (χ0v) is 10.2. The van der Waals surface area contributed by atoms with E-state index in [-0.39, 0.29) is 5.91 Å². The first-order valence-electron chi connectivity index (χ1n) is 4.93. The maximum atomic E-state index is 12.0. The maximum absolute atomic E-state index is 12.0. The van der Waals surface area contributed by atoms with Crippen molar-refractivity contribution in [1.82, 2.24) is 4.90 Å². The smallest absolute Gasteiger partial charge is 0.254 e. The molecule has 0 radical (unpaired) electrons. The van der Waals surface area contributed by atoms with Crippen LogP contribution in [-0.4, -0.2) is 47.6 Å². The van der Waals surface area contributed by atoms with E-state index in [1.54, 1.807) is 7.11 Å². The number of methoxy groups -OCH3 is 1. The van der Waals surface area contributed by atoms with Crippen LogP contribution in [0, 0.1) is 0 Å². The molecule has 82 valence electrons. The molecule has 0 saturated carbocycles. The Bertz CT molecular complexity index is 218. The van der Waals surface area contributed by atoms with Crippen molar-refractivity contribution < 1.29 is 9.53 Å². The lowest BCUT2D eigenvalue weighted by Crippen LogP contribution is -2.50. The molecule has 0 aromatic heterocycles. The van der Waals surface area contributed by atoms with E-state index >= 15 is 0 Å². The first-order chi connectivity index (χ1) is 6.47. The van der Waals surface area contributed by atoms with Crippen LogP contribution in [0.15, 0.2) is 0 Å². The van der Waals surface area contributed by atoms with Gasteiger partial charge in [0.2, 0.25) is 0 Å². The number of hydrogen-bond donors (Lipinski definition) is 0. The van der Waals surface area contributed by atoms with Crippen molar-refractivity contribution in [1.29, 1.82) is 0 Å². The predicted molar refractivity (Wildman–Crippen MR) is 59.6 cm³/mol. The zero-order chi connectivity index (χ0) is 10.8. The van der Waals surface area contributed by atoms with Crippen LogP contribution in [0.4, 0.5) is 0 Å². The lowest BCUT2D eigenvalue weighted by molar-refractivity contribution is -0.150. The molecule has 1 saturated heterocycles. The van der Waals surface area contributed by atoms with Gasteiger partial charge in [-0.2, -0.15) is 11.8 Å². The van der Waals surface area contributed by atoms with Crippen LogP contribution < -0.4 is 0 Å². The van der Waals surface area contributed by atoms with Gasteiger partial charge in [0.25, 0.3) is 5.91 Å². The van der Waals surface area contributed by atoms with Gasteiger partial charge in [-0.05, 0) is 13.8 Å². The van der Waals surface area contributed by atoms with Crippen molar-refractivity contribution >= 4 is 17.7 Å². The van der Waals surface area contributed by atoms with Gasteiger partial charge in [-0.25, -0.2) is 0 Å². The minimum Gasteiger partial charge on any atom is -0.369 e. The average Bonchev–Trinajstić information content (AvgIpc) is 2.16. The molecular weight excluding hydrogens is 198 g/mol. The zero-order valence-electron chi connectivity index (χ0n) is 9.37. The summed E-state index contributed by atoms with van der Waals surface area (Å²) in [4.78, 5) is 13.9. The van der Waals surface area contributed by atoms with Gasteiger partial charge in [0, 0.05) is 31.2 Å². The highest BCUT2D eigenvalue weighted by Crippen LogP contribution is 2.21. The molecule has 3 nitrogen and oxygen atoms in total.